The maximum Gasteiger partial charge on any atom is 0.243 e. The van der Waals surface area contributed by atoms with Crippen molar-refractivity contribution < 1.29 is 14.8 Å². The normalized spacial score (nSPS) is 13.6. The first-order valence-corrected chi connectivity index (χ1v) is 7.13. The molecule has 21 heavy (non-hydrogen) atoms. The molecule has 0 radical (unpaired) electrons. The number of hydrogen-bond acceptors (Lipinski definition) is 5. The maximum absolute atomic E-state index is 11.7. The SMILES string of the molecule is C=C(N)C(C)NC(=O)CNCC(CC(=O)NO)CC(C)C. The fraction of sp³-hybridized carbons (Fsp3) is 0.714. The molecule has 0 rings (SSSR count). The third-order valence-corrected chi connectivity index (χ3v) is 3.06. The Balaban J connectivity index is 4.14. The van der Waals surface area contributed by atoms with Crippen molar-refractivity contribution in [2.24, 2.45) is 17.6 Å². The minimum Gasteiger partial charge on any atom is -0.401 e. The van der Waals surface area contributed by atoms with Crippen molar-refractivity contribution in [1.82, 2.24) is 16.1 Å². The average Bonchev–Trinajstić information content (AvgIpc) is 2.37. The van der Waals surface area contributed by atoms with Gasteiger partial charge in [-0.05, 0) is 31.7 Å². The van der Waals surface area contributed by atoms with Gasteiger partial charge in [-0.3, -0.25) is 14.8 Å². The second kappa shape index (κ2) is 10.2. The van der Waals surface area contributed by atoms with Gasteiger partial charge in [-0.1, -0.05) is 20.4 Å². The van der Waals surface area contributed by atoms with E-state index in [0.29, 0.717) is 18.2 Å². The zero-order valence-corrected chi connectivity index (χ0v) is 13.1. The van der Waals surface area contributed by atoms with Gasteiger partial charge in [-0.25, -0.2) is 5.48 Å². The van der Waals surface area contributed by atoms with Crippen LogP contribution in [0.4, 0.5) is 0 Å². The summed E-state index contributed by atoms with van der Waals surface area (Å²) in [5.74, 6) is -0.103. The van der Waals surface area contributed by atoms with Crippen LogP contribution in [0.1, 0.15) is 33.6 Å². The van der Waals surface area contributed by atoms with Gasteiger partial charge in [0.05, 0.1) is 12.6 Å². The molecule has 0 spiro atoms. The molecule has 0 saturated carbocycles. The summed E-state index contributed by atoms with van der Waals surface area (Å²) < 4.78 is 0. The third kappa shape index (κ3) is 9.86. The number of amides is 2. The summed E-state index contributed by atoms with van der Waals surface area (Å²) in [4.78, 5) is 22.9. The lowest BCUT2D eigenvalue weighted by atomic mass is 9.94. The number of carbonyl (C=O) groups is 2. The number of rotatable bonds is 10. The third-order valence-electron chi connectivity index (χ3n) is 3.06. The molecule has 6 N–H and O–H groups in total. The average molecular weight is 300 g/mol. The molecular formula is C14H28N4O3. The number of carbonyl (C=O) groups excluding carboxylic acids is 2. The first-order chi connectivity index (χ1) is 9.76. The van der Waals surface area contributed by atoms with E-state index in [9.17, 15) is 9.59 Å². The van der Waals surface area contributed by atoms with Gasteiger partial charge in [-0.15, -0.1) is 0 Å². The first kappa shape index (κ1) is 19.4. The largest absolute Gasteiger partial charge is 0.401 e. The van der Waals surface area contributed by atoms with Crippen LogP contribution in [-0.4, -0.2) is 36.2 Å². The summed E-state index contributed by atoms with van der Waals surface area (Å²) >= 11 is 0. The fourth-order valence-corrected chi connectivity index (χ4v) is 1.99. The fourth-order valence-electron chi connectivity index (χ4n) is 1.99. The van der Waals surface area contributed by atoms with E-state index < -0.39 is 5.91 Å². The molecule has 0 aromatic heterocycles. The Hall–Kier alpha value is -1.60. The number of hydroxylamine groups is 1. The van der Waals surface area contributed by atoms with Crippen LogP contribution in [0.2, 0.25) is 0 Å². The summed E-state index contributed by atoms with van der Waals surface area (Å²) in [6, 6.07) is -0.272. The Morgan fingerprint density at radius 3 is 2.33 bits per heavy atom. The Morgan fingerprint density at radius 1 is 1.24 bits per heavy atom. The van der Waals surface area contributed by atoms with Crippen LogP contribution in [0.15, 0.2) is 12.3 Å². The van der Waals surface area contributed by atoms with E-state index in [1.54, 1.807) is 12.4 Å². The highest BCUT2D eigenvalue weighted by molar-refractivity contribution is 5.78. The molecular weight excluding hydrogens is 272 g/mol. The lowest BCUT2D eigenvalue weighted by Crippen LogP contribution is -2.42. The number of hydrogen-bond donors (Lipinski definition) is 5. The van der Waals surface area contributed by atoms with Crippen molar-refractivity contribution in [2.75, 3.05) is 13.1 Å². The Bertz CT molecular complexity index is 358. The minimum absolute atomic E-state index is 0.0619. The van der Waals surface area contributed by atoms with E-state index in [2.05, 4.69) is 31.1 Å². The van der Waals surface area contributed by atoms with Crippen LogP contribution in [0.25, 0.3) is 0 Å². The minimum atomic E-state index is -0.417. The molecule has 7 nitrogen and oxygen atoms in total. The Kier molecular flexibility index (Phi) is 9.40. The standard InChI is InChI=1S/C14H28N4O3/c1-9(2)5-12(6-13(19)18-21)7-16-8-14(20)17-11(4)10(3)15/h9,11-12,16,21H,3,5-8,15H2,1-2,4H3,(H,17,20)(H,18,19). The maximum atomic E-state index is 11.7. The molecule has 0 fully saturated rings. The topological polar surface area (TPSA) is 116 Å². The van der Waals surface area contributed by atoms with Gasteiger partial charge in [0.1, 0.15) is 0 Å². The predicted octanol–water partition coefficient (Wildman–Crippen LogP) is 0.111. The molecule has 0 aromatic rings. The molecule has 0 aliphatic heterocycles. The molecule has 2 atom stereocenters. The lowest BCUT2D eigenvalue weighted by molar-refractivity contribution is -0.130. The molecule has 2 amide bonds. The molecule has 0 aliphatic carbocycles. The van der Waals surface area contributed by atoms with E-state index >= 15 is 0 Å². The van der Waals surface area contributed by atoms with Gasteiger partial charge in [0.25, 0.3) is 0 Å². The van der Waals surface area contributed by atoms with Crippen LogP contribution in [0.5, 0.6) is 0 Å². The summed E-state index contributed by atoms with van der Waals surface area (Å²) in [6.45, 7) is 10.1. The van der Waals surface area contributed by atoms with Crippen LogP contribution >= 0.6 is 0 Å². The molecule has 0 saturated heterocycles. The van der Waals surface area contributed by atoms with Gasteiger partial charge in [-0.2, -0.15) is 0 Å². The first-order valence-electron chi connectivity index (χ1n) is 7.13. The van der Waals surface area contributed by atoms with E-state index in [0.717, 1.165) is 6.42 Å². The monoisotopic (exact) mass is 300 g/mol. The highest BCUT2D eigenvalue weighted by Gasteiger charge is 2.16. The van der Waals surface area contributed by atoms with Crippen LogP contribution in [-0.2, 0) is 9.59 Å². The second-order valence-electron chi connectivity index (χ2n) is 5.73. The van der Waals surface area contributed by atoms with Crippen molar-refractivity contribution in [1.29, 1.82) is 0 Å². The van der Waals surface area contributed by atoms with Gasteiger partial charge < -0.3 is 16.4 Å². The number of nitrogens with two attached hydrogens (primary N) is 1. The quantitative estimate of drug-likeness (QED) is 0.290. The summed E-state index contributed by atoms with van der Waals surface area (Å²) in [7, 11) is 0. The predicted molar refractivity (Wildman–Crippen MR) is 81.3 cm³/mol. The molecule has 7 heteroatoms. The van der Waals surface area contributed by atoms with E-state index in [4.69, 9.17) is 10.9 Å². The zero-order chi connectivity index (χ0) is 16.4. The van der Waals surface area contributed by atoms with Crippen LogP contribution in [0.3, 0.4) is 0 Å². The van der Waals surface area contributed by atoms with Crippen molar-refractivity contribution in [2.45, 2.75) is 39.7 Å². The van der Waals surface area contributed by atoms with E-state index in [1.807, 2.05) is 0 Å². The second-order valence-corrected chi connectivity index (χ2v) is 5.73. The van der Waals surface area contributed by atoms with Crippen molar-refractivity contribution in [3.8, 4) is 0 Å². The Labute approximate surface area is 126 Å². The van der Waals surface area contributed by atoms with Gasteiger partial charge in [0.15, 0.2) is 0 Å². The van der Waals surface area contributed by atoms with E-state index in [1.165, 1.54) is 0 Å². The highest BCUT2D eigenvalue weighted by atomic mass is 16.5. The smallest absolute Gasteiger partial charge is 0.243 e. The summed E-state index contributed by atoms with van der Waals surface area (Å²) in [6.07, 6.45) is 1.05. The summed E-state index contributed by atoms with van der Waals surface area (Å²) in [5, 5.41) is 14.3. The molecule has 0 aliphatic rings. The van der Waals surface area contributed by atoms with E-state index in [-0.39, 0.29) is 30.8 Å². The van der Waals surface area contributed by atoms with Crippen molar-refractivity contribution in [3.63, 3.8) is 0 Å². The van der Waals surface area contributed by atoms with Gasteiger partial charge in [0, 0.05) is 12.1 Å². The van der Waals surface area contributed by atoms with Crippen LogP contribution < -0.4 is 21.8 Å². The molecule has 0 aromatic carbocycles. The molecule has 0 bridgehead atoms. The highest BCUT2D eigenvalue weighted by Crippen LogP contribution is 2.14. The number of nitrogens with one attached hydrogen (secondary N) is 3. The van der Waals surface area contributed by atoms with Crippen LogP contribution in [0, 0.1) is 11.8 Å². The molecule has 122 valence electrons. The van der Waals surface area contributed by atoms with Crippen molar-refractivity contribution in [3.05, 3.63) is 12.3 Å². The zero-order valence-electron chi connectivity index (χ0n) is 13.1. The molecule has 2 unspecified atom stereocenters. The van der Waals surface area contributed by atoms with Gasteiger partial charge in [0.2, 0.25) is 11.8 Å². The Morgan fingerprint density at radius 2 is 1.86 bits per heavy atom. The lowest BCUT2D eigenvalue weighted by Gasteiger charge is -2.19. The van der Waals surface area contributed by atoms with Crippen molar-refractivity contribution >= 4 is 11.8 Å². The van der Waals surface area contributed by atoms with Gasteiger partial charge >= 0.3 is 0 Å². The summed E-state index contributed by atoms with van der Waals surface area (Å²) in [5.41, 5.74) is 7.53. The molecule has 0 heterocycles.